The highest BCUT2D eigenvalue weighted by atomic mass is 35.5. The maximum atomic E-state index is 13.3. The molecule has 0 aromatic heterocycles. The van der Waals surface area contributed by atoms with Crippen LogP contribution < -0.4 is 5.32 Å². The summed E-state index contributed by atoms with van der Waals surface area (Å²) in [6, 6.07) is 4.44. The van der Waals surface area contributed by atoms with Gasteiger partial charge in [-0.25, -0.2) is 4.39 Å². The van der Waals surface area contributed by atoms with E-state index < -0.39 is 5.82 Å². The fourth-order valence-corrected chi connectivity index (χ4v) is 2.20. The van der Waals surface area contributed by atoms with Crippen molar-refractivity contribution in [2.24, 2.45) is 0 Å². The van der Waals surface area contributed by atoms with Crippen LogP contribution in [-0.2, 0) is 0 Å². The molecular formula is C12H14ClFN2O. The van der Waals surface area contributed by atoms with Crippen LogP contribution in [0.5, 0.6) is 0 Å². The topological polar surface area (TPSA) is 32.3 Å². The molecule has 1 aromatic carbocycles. The molecule has 5 heteroatoms. The van der Waals surface area contributed by atoms with Crippen molar-refractivity contribution in [3.63, 3.8) is 0 Å². The van der Waals surface area contributed by atoms with Gasteiger partial charge in [-0.2, -0.15) is 0 Å². The summed E-state index contributed by atoms with van der Waals surface area (Å²) in [6.45, 7) is 1.67. The predicted molar refractivity (Wildman–Crippen MR) is 64.8 cm³/mol. The largest absolute Gasteiger partial charge is 0.337 e. The van der Waals surface area contributed by atoms with Crippen molar-refractivity contribution in [2.75, 3.05) is 20.1 Å². The van der Waals surface area contributed by atoms with Crippen molar-refractivity contribution >= 4 is 17.5 Å². The normalized spacial score (nSPS) is 19.4. The van der Waals surface area contributed by atoms with Crippen molar-refractivity contribution in [1.82, 2.24) is 10.2 Å². The first-order valence-electron chi connectivity index (χ1n) is 5.53. The van der Waals surface area contributed by atoms with Gasteiger partial charge in [-0.3, -0.25) is 4.79 Å². The zero-order chi connectivity index (χ0) is 12.4. The highest BCUT2D eigenvalue weighted by Gasteiger charge is 2.25. The third-order valence-corrected chi connectivity index (χ3v) is 3.47. The van der Waals surface area contributed by atoms with Crippen LogP contribution in [0.15, 0.2) is 18.2 Å². The maximum Gasteiger partial charge on any atom is 0.255 e. The number of nitrogens with one attached hydrogen (secondary N) is 1. The van der Waals surface area contributed by atoms with E-state index in [1.165, 1.54) is 12.1 Å². The first-order valence-corrected chi connectivity index (χ1v) is 5.91. The Bertz CT molecular complexity index is 433. The van der Waals surface area contributed by atoms with Crippen molar-refractivity contribution in [3.8, 4) is 0 Å². The van der Waals surface area contributed by atoms with Crippen LogP contribution in [0.25, 0.3) is 0 Å². The highest BCUT2D eigenvalue weighted by Crippen LogP contribution is 2.22. The molecular weight excluding hydrogens is 243 g/mol. The van der Waals surface area contributed by atoms with Gasteiger partial charge in [-0.15, -0.1) is 0 Å². The molecule has 0 saturated carbocycles. The van der Waals surface area contributed by atoms with E-state index in [9.17, 15) is 9.18 Å². The highest BCUT2D eigenvalue weighted by molar-refractivity contribution is 6.34. The van der Waals surface area contributed by atoms with Crippen molar-refractivity contribution in [2.45, 2.75) is 12.5 Å². The van der Waals surface area contributed by atoms with Gasteiger partial charge in [0.05, 0.1) is 10.6 Å². The zero-order valence-corrected chi connectivity index (χ0v) is 10.3. The van der Waals surface area contributed by atoms with Crippen LogP contribution in [0, 0.1) is 5.82 Å². The number of hydrogen-bond acceptors (Lipinski definition) is 2. The molecule has 1 atom stereocenters. The number of halogens is 2. The Morgan fingerprint density at radius 1 is 1.59 bits per heavy atom. The second-order valence-corrected chi connectivity index (χ2v) is 4.54. The van der Waals surface area contributed by atoms with Crippen LogP contribution in [0.3, 0.4) is 0 Å². The van der Waals surface area contributed by atoms with E-state index in [4.69, 9.17) is 11.6 Å². The fourth-order valence-electron chi connectivity index (χ4n) is 1.99. The monoisotopic (exact) mass is 256 g/mol. The average Bonchev–Trinajstić information content (AvgIpc) is 2.84. The van der Waals surface area contributed by atoms with Gasteiger partial charge in [0.2, 0.25) is 0 Å². The molecule has 1 amide bonds. The van der Waals surface area contributed by atoms with Crippen molar-refractivity contribution in [3.05, 3.63) is 34.6 Å². The summed E-state index contributed by atoms with van der Waals surface area (Å²) in [5, 5.41) is 3.08. The van der Waals surface area contributed by atoms with Gasteiger partial charge in [0.25, 0.3) is 5.91 Å². The number of hydrogen-bond donors (Lipinski definition) is 1. The molecule has 1 aromatic rings. The standard InChI is InChI=1S/C12H14ClFN2O/c1-16(8-5-6-15-7-8)12(17)9-3-2-4-10(14)11(9)13/h2-4,8,15H,5-7H2,1H3. The van der Waals surface area contributed by atoms with Crippen molar-refractivity contribution < 1.29 is 9.18 Å². The molecule has 3 nitrogen and oxygen atoms in total. The summed E-state index contributed by atoms with van der Waals surface area (Å²) >= 11 is 5.80. The molecule has 1 aliphatic heterocycles. The third-order valence-electron chi connectivity index (χ3n) is 3.08. The van der Waals surface area contributed by atoms with Gasteiger partial charge in [0, 0.05) is 19.6 Å². The second-order valence-electron chi connectivity index (χ2n) is 4.16. The third kappa shape index (κ3) is 2.42. The average molecular weight is 257 g/mol. The molecule has 1 aliphatic rings. The first-order chi connectivity index (χ1) is 8.11. The van der Waals surface area contributed by atoms with E-state index in [2.05, 4.69) is 5.32 Å². The van der Waals surface area contributed by atoms with E-state index in [1.54, 1.807) is 18.0 Å². The van der Waals surface area contributed by atoms with E-state index in [0.717, 1.165) is 19.5 Å². The molecule has 17 heavy (non-hydrogen) atoms. The van der Waals surface area contributed by atoms with Gasteiger partial charge in [-0.05, 0) is 25.1 Å². The molecule has 1 heterocycles. The van der Waals surface area contributed by atoms with E-state index in [0.29, 0.717) is 0 Å². The van der Waals surface area contributed by atoms with Crippen molar-refractivity contribution in [1.29, 1.82) is 0 Å². The van der Waals surface area contributed by atoms with Crippen LogP contribution in [0.2, 0.25) is 5.02 Å². The molecule has 0 aliphatic carbocycles. The number of amides is 1. The lowest BCUT2D eigenvalue weighted by atomic mass is 10.1. The van der Waals surface area contributed by atoms with Gasteiger partial charge < -0.3 is 10.2 Å². The molecule has 1 saturated heterocycles. The number of rotatable bonds is 2. The minimum Gasteiger partial charge on any atom is -0.337 e. The van der Waals surface area contributed by atoms with E-state index in [-0.39, 0.29) is 22.5 Å². The minimum atomic E-state index is -0.560. The van der Waals surface area contributed by atoms with Gasteiger partial charge >= 0.3 is 0 Å². The number of carbonyl (C=O) groups is 1. The quantitative estimate of drug-likeness (QED) is 0.877. The molecule has 0 radical (unpaired) electrons. The number of benzene rings is 1. The SMILES string of the molecule is CN(C(=O)c1cccc(F)c1Cl)C1CCNC1. The van der Waals surface area contributed by atoms with Crippen LogP contribution in [0.4, 0.5) is 4.39 Å². The van der Waals surface area contributed by atoms with Crippen LogP contribution >= 0.6 is 11.6 Å². The molecule has 1 N–H and O–H groups in total. The smallest absolute Gasteiger partial charge is 0.255 e. The summed E-state index contributed by atoms with van der Waals surface area (Å²) in [6.07, 6.45) is 0.912. The van der Waals surface area contributed by atoms with Gasteiger partial charge in [0.1, 0.15) is 5.82 Å². The Balaban J connectivity index is 2.21. The fraction of sp³-hybridized carbons (Fsp3) is 0.417. The number of nitrogens with zero attached hydrogens (tertiary/aromatic N) is 1. The van der Waals surface area contributed by atoms with Gasteiger partial charge in [0.15, 0.2) is 0 Å². The molecule has 92 valence electrons. The first kappa shape index (κ1) is 12.3. The lowest BCUT2D eigenvalue weighted by Crippen LogP contribution is -2.38. The zero-order valence-electron chi connectivity index (χ0n) is 9.54. The summed E-state index contributed by atoms with van der Waals surface area (Å²) in [7, 11) is 1.72. The Labute approximate surface area is 105 Å². The maximum absolute atomic E-state index is 13.3. The molecule has 1 fully saturated rings. The number of carbonyl (C=O) groups excluding carboxylic acids is 1. The number of likely N-dealkylation sites (N-methyl/N-ethyl adjacent to an activating group) is 1. The molecule has 0 bridgehead atoms. The Hall–Kier alpha value is -1.13. The Morgan fingerprint density at radius 3 is 3.00 bits per heavy atom. The molecule has 2 rings (SSSR count). The summed E-state index contributed by atoms with van der Waals surface area (Å²) < 4.78 is 13.3. The summed E-state index contributed by atoms with van der Waals surface area (Å²) in [5.74, 6) is -0.793. The minimum absolute atomic E-state index is 0.102. The molecule has 1 unspecified atom stereocenters. The van der Waals surface area contributed by atoms with Crippen LogP contribution in [0.1, 0.15) is 16.8 Å². The second kappa shape index (κ2) is 5.02. The Morgan fingerprint density at radius 2 is 2.35 bits per heavy atom. The predicted octanol–water partition coefficient (Wildman–Crippen LogP) is 1.91. The van der Waals surface area contributed by atoms with E-state index in [1.807, 2.05) is 0 Å². The van der Waals surface area contributed by atoms with Crippen LogP contribution in [-0.4, -0.2) is 37.0 Å². The summed E-state index contributed by atoms with van der Waals surface area (Å²) in [5.41, 5.74) is 0.223. The lowest BCUT2D eigenvalue weighted by molar-refractivity contribution is 0.0743. The van der Waals surface area contributed by atoms with E-state index >= 15 is 0 Å². The Kier molecular flexibility index (Phi) is 3.64. The molecule has 0 spiro atoms. The van der Waals surface area contributed by atoms with Gasteiger partial charge in [-0.1, -0.05) is 17.7 Å². The lowest BCUT2D eigenvalue weighted by Gasteiger charge is -2.24. The summed E-state index contributed by atoms with van der Waals surface area (Å²) in [4.78, 5) is 13.8.